The molecule has 1 aliphatic rings. The number of nitro groups is 1. The highest BCUT2D eigenvalue weighted by atomic mass is 32.1. The van der Waals surface area contributed by atoms with Crippen molar-refractivity contribution in [1.82, 2.24) is 5.32 Å². The van der Waals surface area contributed by atoms with Gasteiger partial charge in [0.2, 0.25) is 0 Å². The van der Waals surface area contributed by atoms with E-state index < -0.39 is 0 Å². The van der Waals surface area contributed by atoms with Crippen LogP contribution in [0.25, 0.3) is 0 Å². The molecule has 1 fully saturated rings. The summed E-state index contributed by atoms with van der Waals surface area (Å²) in [6.07, 6.45) is 3.66. The van der Waals surface area contributed by atoms with Gasteiger partial charge in [-0.2, -0.15) is 0 Å². The average Bonchev–Trinajstić information content (AvgIpc) is 2.81. The minimum absolute atomic E-state index is 0.230. The maximum absolute atomic E-state index is 10.6. The fourth-order valence-corrected chi connectivity index (χ4v) is 3.19. The molecule has 0 aromatic carbocycles. The predicted molar refractivity (Wildman–Crippen MR) is 69.2 cm³/mol. The van der Waals surface area contributed by atoms with E-state index in [1.54, 1.807) is 6.07 Å². The number of nitrogens with one attached hydrogen (secondary N) is 1. The van der Waals surface area contributed by atoms with Crippen LogP contribution in [0.5, 0.6) is 0 Å². The second-order valence-electron chi connectivity index (χ2n) is 5.48. The van der Waals surface area contributed by atoms with E-state index in [1.807, 2.05) is 6.07 Å². The molecule has 17 heavy (non-hydrogen) atoms. The number of nitrogens with zero attached hydrogens (tertiary/aromatic N) is 1. The maximum atomic E-state index is 10.6. The second kappa shape index (κ2) is 4.74. The Morgan fingerprint density at radius 2 is 2.35 bits per heavy atom. The summed E-state index contributed by atoms with van der Waals surface area (Å²) in [7, 11) is 0. The molecule has 1 aliphatic carbocycles. The summed E-state index contributed by atoms with van der Waals surface area (Å²) in [5.74, 6) is 0. The average molecular weight is 254 g/mol. The van der Waals surface area contributed by atoms with Crippen molar-refractivity contribution in [3.63, 3.8) is 0 Å². The van der Waals surface area contributed by atoms with Crippen molar-refractivity contribution >= 4 is 16.3 Å². The lowest BCUT2D eigenvalue weighted by molar-refractivity contribution is -0.380. The lowest BCUT2D eigenvalue weighted by Gasteiger charge is -2.17. The van der Waals surface area contributed by atoms with Gasteiger partial charge in [0.25, 0.3) is 0 Å². The van der Waals surface area contributed by atoms with Gasteiger partial charge in [-0.25, -0.2) is 0 Å². The van der Waals surface area contributed by atoms with Gasteiger partial charge in [-0.3, -0.25) is 10.1 Å². The van der Waals surface area contributed by atoms with Gasteiger partial charge in [0.15, 0.2) is 0 Å². The fraction of sp³-hybridized carbons (Fsp3) is 0.667. The van der Waals surface area contributed by atoms with Gasteiger partial charge in [0.1, 0.15) is 0 Å². The molecule has 5 heteroatoms. The van der Waals surface area contributed by atoms with E-state index in [0.717, 1.165) is 11.4 Å². The van der Waals surface area contributed by atoms with Crippen LogP contribution in [0.15, 0.2) is 12.1 Å². The van der Waals surface area contributed by atoms with E-state index in [9.17, 15) is 10.1 Å². The summed E-state index contributed by atoms with van der Waals surface area (Å²) >= 11 is 1.26. The molecule has 1 atom stereocenters. The minimum atomic E-state index is -0.327. The fourth-order valence-electron chi connectivity index (χ4n) is 2.42. The van der Waals surface area contributed by atoms with Gasteiger partial charge < -0.3 is 5.32 Å². The Morgan fingerprint density at radius 3 is 2.88 bits per heavy atom. The Bertz CT molecular complexity index is 414. The normalized spacial score (nSPS) is 22.8. The highest BCUT2D eigenvalue weighted by molar-refractivity contribution is 7.15. The molecule has 2 rings (SSSR count). The van der Waals surface area contributed by atoms with Crippen LogP contribution in [0.4, 0.5) is 5.00 Å². The van der Waals surface area contributed by atoms with E-state index in [0.29, 0.717) is 11.5 Å². The summed E-state index contributed by atoms with van der Waals surface area (Å²) in [6.45, 7) is 5.34. The largest absolute Gasteiger partial charge is 0.324 e. The van der Waals surface area contributed by atoms with Crippen LogP contribution in [0, 0.1) is 15.5 Å². The predicted octanol–water partition coefficient (Wildman–Crippen LogP) is 3.32. The van der Waals surface area contributed by atoms with E-state index >= 15 is 0 Å². The minimum Gasteiger partial charge on any atom is -0.309 e. The molecule has 0 bridgehead atoms. The van der Waals surface area contributed by atoms with Crippen LogP contribution in [-0.4, -0.2) is 11.0 Å². The van der Waals surface area contributed by atoms with Crippen molar-refractivity contribution in [3.05, 3.63) is 27.1 Å². The first kappa shape index (κ1) is 12.5. The standard InChI is InChI=1S/C12H18N2O2S/c1-12(2)6-5-9(7-12)13-8-10-3-4-11(17-10)14(15)16/h3-4,9,13H,5-8H2,1-2H3. The zero-order valence-electron chi connectivity index (χ0n) is 10.2. The zero-order chi connectivity index (χ0) is 12.5. The van der Waals surface area contributed by atoms with E-state index in [-0.39, 0.29) is 9.92 Å². The maximum Gasteiger partial charge on any atom is 0.324 e. The molecule has 0 spiro atoms. The molecule has 1 aromatic rings. The smallest absolute Gasteiger partial charge is 0.309 e. The lowest BCUT2D eigenvalue weighted by atomic mass is 9.92. The summed E-state index contributed by atoms with van der Waals surface area (Å²) in [5.41, 5.74) is 0.444. The van der Waals surface area contributed by atoms with Crippen LogP contribution in [0.1, 0.15) is 38.0 Å². The van der Waals surface area contributed by atoms with Gasteiger partial charge in [-0.05, 0) is 30.7 Å². The highest BCUT2D eigenvalue weighted by Crippen LogP contribution is 2.37. The van der Waals surface area contributed by atoms with Gasteiger partial charge in [-0.1, -0.05) is 25.2 Å². The van der Waals surface area contributed by atoms with Crippen molar-refractivity contribution in [1.29, 1.82) is 0 Å². The molecule has 0 aliphatic heterocycles. The van der Waals surface area contributed by atoms with Gasteiger partial charge >= 0.3 is 5.00 Å². The van der Waals surface area contributed by atoms with E-state index in [4.69, 9.17) is 0 Å². The molecule has 0 saturated heterocycles. The summed E-state index contributed by atoms with van der Waals surface area (Å²) in [4.78, 5) is 11.3. The lowest BCUT2D eigenvalue weighted by Crippen LogP contribution is -2.26. The molecule has 1 N–H and O–H groups in total. The van der Waals surface area contributed by atoms with Crippen molar-refractivity contribution in [2.24, 2.45) is 5.41 Å². The number of hydrogen-bond donors (Lipinski definition) is 1. The Morgan fingerprint density at radius 1 is 1.59 bits per heavy atom. The zero-order valence-corrected chi connectivity index (χ0v) is 11.0. The van der Waals surface area contributed by atoms with Crippen LogP contribution in [-0.2, 0) is 6.54 Å². The molecule has 1 saturated carbocycles. The topological polar surface area (TPSA) is 55.2 Å². The Labute approximate surface area is 105 Å². The number of hydrogen-bond acceptors (Lipinski definition) is 4. The van der Waals surface area contributed by atoms with E-state index in [2.05, 4.69) is 19.2 Å². The highest BCUT2D eigenvalue weighted by Gasteiger charge is 2.30. The van der Waals surface area contributed by atoms with Crippen LogP contribution < -0.4 is 5.32 Å². The van der Waals surface area contributed by atoms with Gasteiger partial charge in [-0.15, -0.1) is 0 Å². The quantitative estimate of drug-likeness (QED) is 0.662. The first-order valence-electron chi connectivity index (χ1n) is 5.93. The molecular weight excluding hydrogens is 236 g/mol. The molecule has 1 aromatic heterocycles. The van der Waals surface area contributed by atoms with Crippen molar-refractivity contribution in [3.8, 4) is 0 Å². The van der Waals surface area contributed by atoms with Crippen molar-refractivity contribution < 1.29 is 4.92 Å². The first-order chi connectivity index (χ1) is 7.96. The Balaban J connectivity index is 1.84. The van der Waals surface area contributed by atoms with Gasteiger partial charge in [0, 0.05) is 23.5 Å². The van der Waals surface area contributed by atoms with Gasteiger partial charge in [0.05, 0.1) is 4.92 Å². The molecule has 1 heterocycles. The third-order valence-electron chi connectivity index (χ3n) is 3.36. The Kier molecular flexibility index (Phi) is 3.49. The number of rotatable bonds is 4. The van der Waals surface area contributed by atoms with Crippen LogP contribution in [0.2, 0.25) is 0 Å². The molecule has 94 valence electrons. The molecule has 0 amide bonds. The summed E-state index contributed by atoms with van der Waals surface area (Å²) in [6, 6.07) is 3.99. The molecular formula is C12H18N2O2S. The second-order valence-corrected chi connectivity index (χ2v) is 6.63. The Hall–Kier alpha value is -0.940. The number of thiophene rings is 1. The van der Waals surface area contributed by atoms with Crippen molar-refractivity contribution in [2.45, 2.75) is 45.7 Å². The first-order valence-corrected chi connectivity index (χ1v) is 6.74. The summed E-state index contributed by atoms with van der Waals surface area (Å²) < 4.78 is 0. The van der Waals surface area contributed by atoms with Crippen molar-refractivity contribution in [2.75, 3.05) is 0 Å². The molecule has 1 unspecified atom stereocenters. The SMILES string of the molecule is CC1(C)CCC(NCc2ccc([N+](=O)[O-])s2)C1. The van der Waals surface area contributed by atoms with E-state index in [1.165, 1.54) is 30.6 Å². The monoisotopic (exact) mass is 254 g/mol. The van der Waals surface area contributed by atoms with Crippen LogP contribution >= 0.6 is 11.3 Å². The third-order valence-corrected chi connectivity index (χ3v) is 4.40. The third kappa shape index (κ3) is 3.26. The molecule has 4 nitrogen and oxygen atoms in total. The van der Waals surface area contributed by atoms with Crippen LogP contribution in [0.3, 0.4) is 0 Å². The molecule has 0 radical (unpaired) electrons. The summed E-state index contributed by atoms with van der Waals surface area (Å²) in [5, 5.41) is 14.3.